The van der Waals surface area contributed by atoms with Gasteiger partial charge in [-0.1, -0.05) is 64.0 Å². The first-order valence-electron chi connectivity index (χ1n) is 8.65. The smallest absolute Gasteiger partial charge is 0.123 e. The van der Waals surface area contributed by atoms with E-state index in [0.717, 1.165) is 18.5 Å². The van der Waals surface area contributed by atoms with Gasteiger partial charge in [0.1, 0.15) is 5.82 Å². The van der Waals surface area contributed by atoms with Gasteiger partial charge in [0.25, 0.3) is 0 Å². The van der Waals surface area contributed by atoms with Crippen LogP contribution in [0.3, 0.4) is 0 Å². The van der Waals surface area contributed by atoms with Gasteiger partial charge in [-0.15, -0.1) is 0 Å². The number of halogens is 1. The van der Waals surface area contributed by atoms with Crippen LogP contribution in [-0.4, -0.2) is 13.6 Å². The predicted molar refractivity (Wildman–Crippen MR) is 90.1 cm³/mol. The highest BCUT2D eigenvalue weighted by atomic mass is 19.1. The van der Waals surface area contributed by atoms with Crippen LogP contribution in [0.1, 0.15) is 63.9 Å². The topological polar surface area (TPSA) is 12.0 Å². The molecule has 21 heavy (non-hydrogen) atoms. The van der Waals surface area contributed by atoms with Gasteiger partial charge >= 0.3 is 0 Å². The maximum absolute atomic E-state index is 13.2. The molecule has 0 spiro atoms. The van der Waals surface area contributed by atoms with Crippen LogP contribution in [0.2, 0.25) is 0 Å². The van der Waals surface area contributed by atoms with Crippen molar-refractivity contribution in [2.45, 2.75) is 64.7 Å². The van der Waals surface area contributed by atoms with Crippen molar-refractivity contribution in [3.05, 3.63) is 35.6 Å². The molecule has 1 N–H and O–H groups in total. The van der Waals surface area contributed by atoms with Crippen molar-refractivity contribution < 1.29 is 4.39 Å². The van der Waals surface area contributed by atoms with Crippen molar-refractivity contribution in [3.63, 3.8) is 0 Å². The molecule has 0 aliphatic heterocycles. The molecule has 0 aliphatic rings. The highest BCUT2D eigenvalue weighted by Crippen LogP contribution is 2.17. The van der Waals surface area contributed by atoms with Crippen LogP contribution in [0.25, 0.3) is 0 Å². The van der Waals surface area contributed by atoms with Gasteiger partial charge in [0.15, 0.2) is 0 Å². The number of benzene rings is 1. The lowest BCUT2D eigenvalue weighted by Crippen LogP contribution is -2.20. The molecule has 1 aromatic carbocycles. The Morgan fingerprint density at radius 3 is 2.43 bits per heavy atom. The predicted octanol–water partition coefficient (Wildman–Crippen LogP) is 5.34. The highest BCUT2D eigenvalue weighted by molar-refractivity contribution is 5.16. The van der Waals surface area contributed by atoms with Crippen LogP contribution < -0.4 is 5.32 Å². The molecule has 0 radical (unpaired) electrons. The Morgan fingerprint density at radius 1 is 1.05 bits per heavy atom. The first-order chi connectivity index (χ1) is 10.3. The minimum Gasteiger partial charge on any atom is -0.319 e. The Balaban J connectivity index is 2.23. The molecule has 1 unspecified atom stereocenters. The van der Waals surface area contributed by atoms with Crippen molar-refractivity contribution in [1.29, 1.82) is 0 Å². The van der Waals surface area contributed by atoms with Crippen molar-refractivity contribution in [2.24, 2.45) is 5.92 Å². The second kappa shape index (κ2) is 11.7. The molecule has 0 fully saturated rings. The van der Waals surface area contributed by atoms with E-state index in [1.807, 2.05) is 19.2 Å². The molecular formula is C19H32FN. The van der Waals surface area contributed by atoms with E-state index in [1.54, 1.807) is 6.07 Å². The summed E-state index contributed by atoms with van der Waals surface area (Å²) in [6.45, 7) is 3.28. The molecule has 2 heteroatoms. The van der Waals surface area contributed by atoms with E-state index >= 15 is 0 Å². The zero-order valence-corrected chi connectivity index (χ0v) is 13.8. The van der Waals surface area contributed by atoms with Gasteiger partial charge in [-0.2, -0.15) is 0 Å². The Morgan fingerprint density at radius 2 is 1.76 bits per heavy atom. The average Bonchev–Trinajstić information content (AvgIpc) is 2.46. The Kier molecular flexibility index (Phi) is 10.1. The zero-order valence-electron chi connectivity index (χ0n) is 13.8. The summed E-state index contributed by atoms with van der Waals surface area (Å²) in [5.41, 5.74) is 1.12. The van der Waals surface area contributed by atoms with Gasteiger partial charge < -0.3 is 5.32 Å². The number of rotatable bonds is 12. The van der Waals surface area contributed by atoms with Crippen molar-refractivity contribution in [3.8, 4) is 0 Å². The van der Waals surface area contributed by atoms with E-state index in [-0.39, 0.29) is 5.82 Å². The van der Waals surface area contributed by atoms with Gasteiger partial charge in [-0.3, -0.25) is 0 Å². The van der Waals surface area contributed by atoms with E-state index in [1.165, 1.54) is 57.4 Å². The van der Waals surface area contributed by atoms with Crippen molar-refractivity contribution >= 4 is 0 Å². The Labute approximate surface area is 130 Å². The fourth-order valence-electron chi connectivity index (χ4n) is 2.95. The lowest BCUT2D eigenvalue weighted by Gasteiger charge is -2.16. The first kappa shape index (κ1) is 18.2. The lowest BCUT2D eigenvalue weighted by molar-refractivity contribution is 0.431. The third kappa shape index (κ3) is 8.87. The van der Waals surface area contributed by atoms with Gasteiger partial charge in [0, 0.05) is 0 Å². The van der Waals surface area contributed by atoms with E-state index < -0.39 is 0 Å². The minimum atomic E-state index is -0.119. The van der Waals surface area contributed by atoms with E-state index in [4.69, 9.17) is 0 Å². The van der Waals surface area contributed by atoms with Gasteiger partial charge in [-0.05, 0) is 50.0 Å². The minimum absolute atomic E-state index is 0.119. The summed E-state index contributed by atoms with van der Waals surface area (Å²) in [6.07, 6.45) is 11.7. The van der Waals surface area contributed by atoms with E-state index in [0.29, 0.717) is 5.92 Å². The van der Waals surface area contributed by atoms with Crippen molar-refractivity contribution in [2.75, 3.05) is 13.6 Å². The summed E-state index contributed by atoms with van der Waals surface area (Å²) in [7, 11) is 2.00. The molecule has 1 nitrogen and oxygen atoms in total. The maximum atomic E-state index is 13.2. The molecule has 0 aromatic heterocycles. The molecule has 120 valence electrons. The molecule has 0 aliphatic carbocycles. The molecule has 1 atom stereocenters. The average molecular weight is 293 g/mol. The van der Waals surface area contributed by atoms with Crippen LogP contribution >= 0.6 is 0 Å². The molecule has 1 rings (SSSR count). The van der Waals surface area contributed by atoms with Crippen LogP contribution in [0.4, 0.5) is 4.39 Å². The maximum Gasteiger partial charge on any atom is 0.123 e. The van der Waals surface area contributed by atoms with Gasteiger partial charge in [-0.25, -0.2) is 4.39 Å². The SMILES string of the molecule is CCCCCCCCCC(CNC)Cc1cccc(F)c1. The second-order valence-electron chi connectivity index (χ2n) is 6.17. The molecule has 0 bridgehead atoms. The monoisotopic (exact) mass is 293 g/mol. The summed E-state index contributed by atoms with van der Waals surface area (Å²) >= 11 is 0. The normalized spacial score (nSPS) is 12.5. The van der Waals surface area contributed by atoms with Crippen LogP contribution in [0.5, 0.6) is 0 Å². The van der Waals surface area contributed by atoms with Crippen LogP contribution in [0.15, 0.2) is 24.3 Å². The number of hydrogen-bond donors (Lipinski definition) is 1. The fraction of sp³-hybridized carbons (Fsp3) is 0.684. The molecule has 0 heterocycles. The molecule has 0 saturated heterocycles. The quantitative estimate of drug-likeness (QED) is 0.513. The second-order valence-corrected chi connectivity index (χ2v) is 6.17. The highest BCUT2D eigenvalue weighted by Gasteiger charge is 2.09. The third-order valence-corrected chi connectivity index (χ3v) is 4.12. The third-order valence-electron chi connectivity index (χ3n) is 4.12. The van der Waals surface area contributed by atoms with Gasteiger partial charge in [0.2, 0.25) is 0 Å². The van der Waals surface area contributed by atoms with E-state index in [2.05, 4.69) is 12.2 Å². The largest absolute Gasteiger partial charge is 0.319 e. The van der Waals surface area contributed by atoms with Gasteiger partial charge in [0.05, 0.1) is 0 Å². The summed E-state index contributed by atoms with van der Waals surface area (Å²) in [5.74, 6) is 0.499. The molecule has 0 saturated carbocycles. The molecule has 0 amide bonds. The van der Waals surface area contributed by atoms with Crippen LogP contribution in [-0.2, 0) is 6.42 Å². The standard InChI is InChI=1S/C19H32FN/c1-3-4-5-6-7-8-9-11-18(16-21-2)14-17-12-10-13-19(20)15-17/h10,12-13,15,18,21H,3-9,11,14,16H2,1-2H3. The molecule has 1 aromatic rings. The Hall–Kier alpha value is -0.890. The van der Waals surface area contributed by atoms with E-state index in [9.17, 15) is 4.39 Å². The summed E-state index contributed by atoms with van der Waals surface area (Å²) in [5, 5.41) is 3.28. The summed E-state index contributed by atoms with van der Waals surface area (Å²) < 4.78 is 13.2. The van der Waals surface area contributed by atoms with Crippen molar-refractivity contribution in [1.82, 2.24) is 5.32 Å². The lowest BCUT2D eigenvalue weighted by atomic mass is 9.93. The summed E-state index contributed by atoms with van der Waals surface area (Å²) in [6, 6.07) is 7.05. The zero-order chi connectivity index (χ0) is 15.3. The Bertz CT molecular complexity index is 364. The summed E-state index contributed by atoms with van der Waals surface area (Å²) in [4.78, 5) is 0. The molecular weight excluding hydrogens is 261 g/mol. The first-order valence-corrected chi connectivity index (χ1v) is 8.65. The van der Waals surface area contributed by atoms with Crippen LogP contribution in [0, 0.1) is 11.7 Å². The number of unbranched alkanes of at least 4 members (excludes halogenated alkanes) is 6. The number of hydrogen-bond acceptors (Lipinski definition) is 1. The fourth-order valence-corrected chi connectivity index (χ4v) is 2.95. The number of nitrogens with one attached hydrogen (secondary N) is 1.